The van der Waals surface area contributed by atoms with Crippen LogP contribution in [-0.2, 0) is 11.8 Å². The lowest BCUT2D eigenvalue weighted by Gasteiger charge is -2.19. The molecule has 1 aliphatic heterocycles. The summed E-state index contributed by atoms with van der Waals surface area (Å²) in [5.41, 5.74) is 5.10. The molecule has 144 valence electrons. The van der Waals surface area contributed by atoms with Gasteiger partial charge in [0.05, 0.1) is 22.8 Å². The van der Waals surface area contributed by atoms with Crippen molar-refractivity contribution in [1.29, 1.82) is 0 Å². The molecule has 8 heteroatoms. The molecule has 8 nitrogen and oxygen atoms in total. The van der Waals surface area contributed by atoms with Crippen LogP contribution in [0.4, 0.5) is 11.4 Å². The Morgan fingerprint density at radius 1 is 1.25 bits per heavy atom. The number of rotatable bonds is 4. The number of aryl methyl sites for hydroxylation is 2. The van der Waals surface area contributed by atoms with Gasteiger partial charge in [-0.25, -0.2) is 0 Å². The lowest BCUT2D eigenvalue weighted by Crippen LogP contribution is -2.25. The van der Waals surface area contributed by atoms with E-state index in [0.717, 1.165) is 29.1 Å². The van der Waals surface area contributed by atoms with Gasteiger partial charge in [0.1, 0.15) is 5.69 Å². The number of amides is 2. The molecule has 0 bridgehead atoms. The van der Waals surface area contributed by atoms with Gasteiger partial charge in [0.25, 0.3) is 5.91 Å². The number of H-pyrrole nitrogens is 1. The maximum atomic E-state index is 12.8. The Balaban J connectivity index is 1.59. The van der Waals surface area contributed by atoms with Gasteiger partial charge in [-0.05, 0) is 38.5 Å². The van der Waals surface area contributed by atoms with E-state index in [1.54, 1.807) is 21.7 Å². The van der Waals surface area contributed by atoms with Crippen molar-refractivity contribution in [1.82, 2.24) is 20.0 Å². The fourth-order valence-electron chi connectivity index (χ4n) is 3.62. The molecule has 3 heterocycles. The van der Waals surface area contributed by atoms with Crippen LogP contribution in [0.3, 0.4) is 0 Å². The molecule has 0 aliphatic carbocycles. The largest absolute Gasteiger partial charge is 0.319 e. The molecule has 1 fully saturated rings. The Kier molecular flexibility index (Phi) is 4.46. The number of carbonyl (C=O) groups is 2. The Bertz CT molecular complexity index is 1060. The number of anilines is 2. The first-order valence-corrected chi connectivity index (χ1v) is 9.22. The van der Waals surface area contributed by atoms with Crippen LogP contribution < -0.4 is 10.2 Å². The predicted molar refractivity (Wildman–Crippen MR) is 106 cm³/mol. The molecule has 0 saturated carbocycles. The highest BCUT2D eigenvalue weighted by Crippen LogP contribution is 2.30. The number of aromatic nitrogens is 4. The van der Waals surface area contributed by atoms with Gasteiger partial charge in [0, 0.05) is 31.3 Å². The molecule has 2 aromatic heterocycles. The molecule has 1 aliphatic rings. The highest BCUT2D eigenvalue weighted by molar-refractivity contribution is 6.07. The van der Waals surface area contributed by atoms with Crippen molar-refractivity contribution in [2.24, 2.45) is 7.05 Å². The molecule has 0 atom stereocenters. The van der Waals surface area contributed by atoms with E-state index >= 15 is 0 Å². The molecule has 0 unspecified atom stereocenters. The number of para-hydroxylation sites is 2. The number of carbonyl (C=O) groups excluding carboxylic acids is 2. The van der Waals surface area contributed by atoms with Crippen molar-refractivity contribution >= 4 is 23.2 Å². The normalized spacial score (nSPS) is 14.0. The Labute approximate surface area is 162 Å². The third-order valence-corrected chi connectivity index (χ3v) is 5.10. The van der Waals surface area contributed by atoms with Crippen LogP contribution in [0.15, 0.2) is 30.3 Å². The first-order chi connectivity index (χ1) is 13.5. The zero-order chi connectivity index (χ0) is 19.8. The van der Waals surface area contributed by atoms with E-state index < -0.39 is 0 Å². The maximum Gasteiger partial charge on any atom is 0.273 e. The first-order valence-electron chi connectivity index (χ1n) is 9.22. The molecule has 1 saturated heterocycles. The van der Waals surface area contributed by atoms with Gasteiger partial charge in [-0.3, -0.25) is 19.4 Å². The zero-order valence-electron chi connectivity index (χ0n) is 16.1. The zero-order valence-corrected chi connectivity index (χ0v) is 16.1. The summed E-state index contributed by atoms with van der Waals surface area (Å²) in [6.07, 6.45) is 1.37. The minimum absolute atomic E-state index is 0.0769. The van der Waals surface area contributed by atoms with Gasteiger partial charge in [-0.1, -0.05) is 12.1 Å². The number of nitrogens with one attached hydrogen (secondary N) is 2. The van der Waals surface area contributed by atoms with Gasteiger partial charge >= 0.3 is 0 Å². The second-order valence-electron chi connectivity index (χ2n) is 6.96. The Morgan fingerprint density at radius 2 is 2.04 bits per heavy atom. The van der Waals surface area contributed by atoms with Crippen molar-refractivity contribution < 1.29 is 9.59 Å². The van der Waals surface area contributed by atoms with Crippen LogP contribution in [0.25, 0.3) is 11.3 Å². The predicted octanol–water partition coefficient (Wildman–Crippen LogP) is 2.81. The highest BCUT2D eigenvalue weighted by atomic mass is 16.2. The van der Waals surface area contributed by atoms with E-state index in [0.29, 0.717) is 30.0 Å². The maximum absolute atomic E-state index is 12.8. The van der Waals surface area contributed by atoms with Crippen molar-refractivity contribution in [2.75, 3.05) is 16.8 Å². The topological polar surface area (TPSA) is 95.9 Å². The van der Waals surface area contributed by atoms with Gasteiger partial charge < -0.3 is 10.2 Å². The van der Waals surface area contributed by atoms with E-state index in [1.807, 2.05) is 39.1 Å². The third kappa shape index (κ3) is 3.06. The van der Waals surface area contributed by atoms with Crippen LogP contribution in [0.2, 0.25) is 0 Å². The summed E-state index contributed by atoms with van der Waals surface area (Å²) in [5, 5.41) is 14.4. The fraction of sp³-hybridized carbons (Fsp3) is 0.300. The van der Waals surface area contributed by atoms with E-state index in [9.17, 15) is 9.59 Å². The molecule has 0 radical (unpaired) electrons. The van der Waals surface area contributed by atoms with Crippen LogP contribution in [0.1, 0.15) is 34.7 Å². The van der Waals surface area contributed by atoms with Gasteiger partial charge in [-0.2, -0.15) is 10.2 Å². The second-order valence-corrected chi connectivity index (χ2v) is 6.96. The molecule has 4 rings (SSSR count). The standard InChI is InChI=1S/C20H22N6O2/c1-12-19(13(2)25(3)24-12)15-11-16(23-22-15)20(28)21-14-7-4-5-8-17(14)26-10-6-9-18(26)27/h4-5,7-8,11H,6,9-10H2,1-3H3,(H,21,28)(H,22,23). The number of hydrogen-bond acceptors (Lipinski definition) is 4. The minimum atomic E-state index is -0.308. The quantitative estimate of drug-likeness (QED) is 0.730. The summed E-state index contributed by atoms with van der Waals surface area (Å²) in [6.45, 7) is 4.55. The van der Waals surface area contributed by atoms with Crippen LogP contribution in [0, 0.1) is 13.8 Å². The summed E-state index contributed by atoms with van der Waals surface area (Å²) >= 11 is 0. The lowest BCUT2D eigenvalue weighted by molar-refractivity contribution is -0.117. The third-order valence-electron chi connectivity index (χ3n) is 5.10. The Morgan fingerprint density at radius 3 is 2.71 bits per heavy atom. The fourth-order valence-corrected chi connectivity index (χ4v) is 3.62. The summed E-state index contributed by atoms with van der Waals surface area (Å²) in [6, 6.07) is 9.06. The second kappa shape index (κ2) is 6.95. The SMILES string of the molecule is Cc1nn(C)c(C)c1-c1cc(C(=O)Nc2ccccc2N2CCCC2=O)[nH]n1. The summed E-state index contributed by atoms with van der Waals surface area (Å²) in [5.74, 6) is -0.231. The number of aromatic amines is 1. The Hall–Kier alpha value is -3.42. The van der Waals surface area contributed by atoms with E-state index in [2.05, 4.69) is 20.6 Å². The van der Waals surface area contributed by atoms with Crippen LogP contribution in [-0.4, -0.2) is 38.3 Å². The van der Waals surface area contributed by atoms with Crippen molar-refractivity contribution in [3.8, 4) is 11.3 Å². The average Bonchev–Trinajstić information content (AvgIpc) is 3.36. The van der Waals surface area contributed by atoms with E-state index in [-0.39, 0.29) is 11.8 Å². The van der Waals surface area contributed by atoms with Crippen molar-refractivity contribution in [3.63, 3.8) is 0 Å². The highest BCUT2D eigenvalue weighted by Gasteiger charge is 2.24. The summed E-state index contributed by atoms with van der Waals surface area (Å²) in [7, 11) is 1.88. The van der Waals surface area contributed by atoms with Crippen LogP contribution >= 0.6 is 0 Å². The molecule has 2 N–H and O–H groups in total. The molecule has 28 heavy (non-hydrogen) atoms. The molecular formula is C20H22N6O2. The first kappa shape index (κ1) is 18.0. The molecule has 1 aromatic carbocycles. The molecule has 2 amide bonds. The smallest absolute Gasteiger partial charge is 0.273 e. The monoisotopic (exact) mass is 378 g/mol. The molecule has 0 spiro atoms. The number of nitrogens with zero attached hydrogens (tertiary/aromatic N) is 4. The van der Waals surface area contributed by atoms with Gasteiger partial charge in [-0.15, -0.1) is 0 Å². The molecular weight excluding hydrogens is 356 g/mol. The van der Waals surface area contributed by atoms with Crippen LogP contribution in [0.5, 0.6) is 0 Å². The lowest BCUT2D eigenvalue weighted by atomic mass is 10.1. The van der Waals surface area contributed by atoms with E-state index in [4.69, 9.17) is 0 Å². The van der Waals surface area contributed by atoms with E-state index in [1.165, 1.54) is 0 Å². The number of benzene rings is 1. The van der Waals surface area contributed by atoms with Crippen molar-refractivity contribution in [2.45, 2.75) is 26.7 Å². The van der Waals surface area contributed by atoms with Gasteiger partial charge in [0.2, 0.25) is 5.91 Å². The summed E-state index contributed by atoms with van der Waals surface area (Å²) in [4.78, 5) is 26.6. The summed E-state index contributed by atoms with van der Waals surface area (Å²) < 4.78 is 1.79. The molecule has 3 aromatic rings. The van der Waals surface area contributed by atoms with Crippen molar-refractivity contribution in [3.05, 3.63) is 47.4 Å². The van der Waals surface area contributed by atoms with Gasteiger partial charge in [0.15, 0.2) is 0 Å². The number of hydrogen-bond donors (Lipinski definition) is 2. The average molecular weight is 378 g/mol. The minimum Gasteiger partial charge on any atom is -0.319 e.